The van der Waals surface area contributed by atoms with Gasteiger partial charge in [-0.1, -0.05) is 0 Å². The number of amides is 1. The molecule has 18 heavy (non-hydrogen) atoms. The summed E-state index contributed by atoms with van der Waals surface area (Å²) in [6.07, 6.45) is 5.84. The van der Waals surface area contributed by atoms with Gasteiger partial charge < -0.3 is 10.2 Å². The number of nitriles is 1. The van der Waals surface area contributed by atoms with Crippen molar-refractivity contribution in [1.82, 2.24) is 5.32 Å². The Kier molecular flexibility index (Phi) is 3.91. The van der Waals surface area contributed by atoms with Gasteiger partial charge in [0.1, 0.15) is 5.54 Å². The van der Waals surface area contributed by atoms with E-state index in [9.17, 15) is 10.1 Å². The quantitative estimate of drug-likeness (QED) is 0.751. The molecule has 3 atom stereocenters. The Bertz CT molecular complexity index is 359. The Hall–Kier alpha value is -1.08. The molecule has 0 aromatic carbocycles. The van der Waals surface area contributed by atoms with E-state index in [-0.39, 0.29) is 5.91 Å². The molecular formula is C14H24N3O+. The molecule has 1 heterocycles. The summed E-state index contributed by atoms with van der Waals surface area (Å²) in [6, 6.07) is 2.85. The van der Waals surface area contributed by atoms with Crippen LogP contribution in [0.4, 0.5) is 0 Å². The highest BCUT2D eigenvalue weighted by Crippen LogP contribution is 2.39. The van der Waals surface area contributed by atoms with Crippen molar-refractivity contribution in [2.45, 2.75) is 57.5 Å². The van der Waals surface area contributed by atoms with Gasteiger partial charge in [-0.25, -0.2) is 0 Å². The average molecular weight is 250 g/mol. The lowest BCUT2D eigenvalue weighted by Gasteiger charge is -2.31. The van der Waals surface area contributed by atoms with E-state index in [0.29, 0.717) is 18.5 Å². The molecule has 1 saturated carbocycles. The monoisotopic (exact) mass is 250 g/mol. The molecule has 2 N–H and O–H groups in total. The molecule has 4 nitrogen and oxygen atoms in total. The van der Waals surface area contributed by atoms with Gasteiger partial charge in [-0.3, -0.25) is 4.79 Å². The summed E-state index contributed by atoms with van der Waals surface area (Å²) in [4.78, 5) is 13.5. The van der Waals surface area contributed by atoms with E-state index >= 15 is 0 Å². The zero-order valence-electron chi connectivity index (χ0n) is 11.5. The number of likely N-dealkylation sites (tertiary alicyclic amines) is 1. The molecule has 0 spiro atoms. The topological polar surface area (TPSA) is 57.3 Å². The van der Waals surface area contributed by atoms with Crippen LogP contribution in [0.25, 0.3) is 0 Å². The van der Waals surface area contributed by atoms with Crippen molar-refractivity contribution in [3.63, 3.8) is 0 Å². The molecule has 1 unspecified atom stereocenters. The third-order valence-corrected chi connectivity index (χ3v) is 4.49. The maximum atomic E-state index is 12.1. The summed E-state index contributed by atoms with van der Waals surface area (Å²) < 4.78 is 0. The Morgan fingerprint density at radius 1 is 1.44 bits per heavy atom. The zero-order valence-corrected chi connectivity index (χ0v) is 11.5. The van der Waals surface area contributed by atoms with Gasteiger partial charge in [-0.05, 0) is 51.9 Å². The highest BCUT2D eigenvalue weighted by Gasteiger charge is 2.43. The lowest BCUT2D eigenvalue weighted by Crippen LogP contribution is -3.17. The second-order valence-electron chi connectivity index (χ2n) is 6.12. The molecule has 1 aliphatic carbocycles. The van der Waals surface area contributed by atoms with Gasteiger partial charge in [0.05, 0.1) is 18.7 Å². The van der Waals surface area contributed by atoms with Crippen molar-refractivity contribution in [3.05, 3.63) is 0 Å². The number of nitrogens with zero attached hydrogens (tertiary/aromatic N) is 1. The van der Waals surface area contributed by atoms with E-state index < -0.39 is 5.54 Å². The Morgan fingerprint density at radius 2 is 2.17 bits per heavy atom. The summed E-state index contributed by atoms with van der Waals surface area (Å²) in [5, 5.41) is 12.2. The van der Waals surface area contributed by atoms with Gasteiger partial charge in [0.25, 0.3) is 5.91 Å². The number of quaternary nitrogens is 1. The molecule has 0 radical (unpaired) electrons. The summed E-state index contributed by atoms with van der Waals surface area (Å²) in [6.45, 7) is 5.68. The highest BCUT2D eigenvalue weighted by atomic mass is 16.2. The largest absolute Gasteiger partial charge is 0.333 e. The number of hydrogen-bond acceptors (Lipinski definition) is 2. The first-order valence-corrected chi connectivity index (χ1v) is 7.12. The molecular weight excluding hydrogens is 226 g/mol. The van der Waals surface area contributed by atoms with Crippen LogP contribution in [0.1, 0.15) is 46.0 Å². The predicted octanol–water partition coefficient (Wildman–Crippen LogP) is 0.252. The number of rotatable bonds is 4. The first-order chi connectivity index (χ1) is 8.55. The number of nitrogens with one attached hydrogen (secondary N) is 2. The molecule has 0 bridgehead atoms. The third-order valence-electron chi connectivity index (χ3n) is 4.49. The van der Waals surface area contributed by atoms with Gasteiger partial charge in [0.15, 0.2) is 6.54 Å². The number of piperidine rings is 1. The number of carbonyl (C=O) groups is 1. The van der Waals surface area contributed by atoms with Crippen LogP contribution in [0, 0.1) is 17.2 Å². The van der Waals surface area contributed by atoms with Gasteiger partial charge >= 0.3 is 0 Å². The fourth-order valence-electron chi connectivity index (χ4n) is 2.94. The molecule has 1 saturated heterocycles. The van der Waals surface area contributed by atoms with Crippen molar-refractivity contribution < 1.29 is 9.69 Å². The van der Waals surface area contributed by atoms with Crippen molar-refractivity contribution in [2.24, 2.45) is 5.92 Å². The lowest BCUT2D eigenvalue weighted by molar-refractivity contribution is -0.921. The summed E-state index contributed by atoms with van der Waals surface area (Å²) in [5.74, 6) is 0.398. The van der Waals surface area contributed by atoms with Crippen molar-refractivity contribution in [1.29, 1.82) is 5.26 Å². The van der Waals surface area contributed by atoms with Crippen LogP contribution in [0.15, 0.2) is 0 Å². The molecule has 2 fully saturated rings. The Balaban J connectivity index is 1.86. The lowest BCUT2D eigenvalue weighted by atomic mass is 9.97. The van der Waals surface area contributed by atoms with E-state index in [4.69, 9.17) is 0 Å². The maximum Gasteiger partial charge on any atom is 0.276 e. The molecule has 2 rings (SSSR count). The van der Waals surface area contributed by atoms with E-state index in [2.05, 4.69) is 18.3 Å². The van der Waals surface area contributed by atoms with E-state index in [1.54, 1.807) is 0 Å². The standard InChI is InChI=1S/C14H23N3O/c1-11-5-3-4-8-17(11)9-13(18)16-14(2,10-15)12-6-7-12/h11-12H,3-9H2,1-2H3,(H,16,18)/p+1/t11-,14+/m1/s1. The minimum atomic E-state index is -0.643. The maximum absolute atomic E-state index is 12.1. The van der Waals surface area contributed by atoms with Gasteiger partial charge in [0, 0.05) is 0 Å². The SMILES string of the molecule is C[C@@H]1CCCC[NH+]1CC(=O)N[C@@](C)(C#N)C1CC1. The minimum absolute atomic E-state index is 0.0368. The van der Waals surface area contributed by atoms with Crippen molar-refractivity contribution >= 4 is 5.91 Å². The van der Waals surface area contributed by atoms with E-state index in [1.807, 2.05) is 6.92 Å². The second kappa shape index (κ2) is 5.27. The average Bonchev–Trinajstić information content (AvgIpc) is 3.16. The van der Waals surface area contributed by atoms with Crippen LogP contribution in [0.2, 0.25) is 0 Å². The predicted molar refractivity (Wildman–Crippen MR) is 68.9 cm³/mol. The number of hydrogen-bond donors (Lipinski definition) is 2. The van der Waals surface area contributed by atoms with Crippen LogP contribution in [0.5, 0.6) is 0 Å². The fraction of sp³-hybridized carbons (Fsp3) is 0.857. The minimum Gasteiger partial charge on any atom is -0.333 e. The molecule has 100 valence electrons. The van der Waals surface area contributed by atoms with E-state index in [1.165, 1.54) is 24.2 Å². The molecule has 2 aliphatic rings. The van der Waals surface area contributed by atoms with Crippen LogP contribution in [-0.4, -0.2) is 30.6 Å². The number of carbonyl (C=O) groups excluding carboxylic acids is 1. The normalized spacial score (nSPS) is 31.2. The fourth-order valence-corrected chi connectivity index (χ4v) is 2.94. The van der Waals surface area contributed by atoms with E-state index in [0.717, 1.165) is 19.4 Å². The highest BCUT2D eigenvalue weighted by molar-refractivity contribution is 5.78. The zero-order chi connectivity index (χ0) is 13.2. The first-order valence-electron chi connectivity index (χ1n) is 7.12. The molecule has 0 aromatic rings. The molecule has 0 aromatic heterocycles. The first kappa shape index (κ1) is 13.4. The summed E-state index contributed by atoms with van der Waals surface area (Å²) in [5.41, 5.74) is -0.643. The Morgan fingerprint density at radius 3 is 2.72 bits per heavy atom. The molecule has 1 amide bonds. The van der Waals surface area contributed by atoms with Crippen molar-refractivity contribution in [2.75, 3.05) is 13.1 Å². The smallest absolute Gasteiger partial charge is 0.276 e. The third kappa shape index (κ3) is 3.02. The van der Waals surface area contributed by atoms with Gasteiger partial charge in [0.2, 0.25) is 0 Å². The van der Waals surface area contributed by atoms with Crippen molar-refractivity contribution in [3.8, 4) is 6.07 Å². The van der Waals surface area contributed by atoms with Gasteiger partial charge in [-0.15, -0.1) is 0 Å². The van der Waals surface area contributed by atoms with Crippen LogP contribution >= 0.6 is 0 Å². The molecule has 1 aliphatic heterocycles. The van der Waals surface area contributed by atoms with Crippen LogP contribution in [-0.2, 0) is 4.79 Å². The summed E-state index contributed by atoms with van der Waals surface area (Å²) in [7, 11) is 0. The van der Waals surface area contributed by atoms with Crippen LogP contribution in [0.3, 0.4) is 0 Å². The second-order valence-corrected chi connectivity index (χ2v) is 6.12. The Labute approximate surface area is 109 Å². The summed E-state index contributed by atoms with van der Waals surface area (Å²) >= 11 is 0. The van der Waals surface area contributed by atoms with Gasteiger partial charge in [-0.2, -0.15) is 5.26 Å². The van der Waals surface area contributed by atoms with Crippen LogP contribution < -0.4 is 10.2 Å². The molecule has 4 heteroatoms.